The maximum absolute atomic E-state index is 14.4. The molecule has 0 spiro atoms. The van der Waals surface area contributed by atoms with Crippen molar-refractivity contribution in [3.63, 3.8) is 0 Å². The highest BCUT2D eigenvalue weighted by atomic mass is 35.5. The van der Waals surface area contributed by atoms with Gasteiger partial charge in [-0.15, -0.1) is 0 Å². The van der Waals surface area contributed by atoms with Crippen LogP contribution in [0.2, 0.25) is 5.02 Å². The first-order chi connectivity index (χ1) is 12.8. The zero-order chi connectivity index (χ0) is 20.5. The maximum Gasteiger partial charge on any atom is 0.267 e. The first-order valence-electron chi connectivity index (χ1n) is 9.46. The number of carbonyl (C=O) groups is 1. The van der Waals surface area contributed by atoms with Crippen LogP contribution in [0.15, 0.2) is 12.1 Å². The number of sulfonamides is 1. The minimum Gasteiger partial charge on any atom is -0.491 e. The predicted octanol–water partition coefficient (Wildman–Crippen LogP) is 4.15. The van der Waals surface area contributed by atoms with Gasteiger partial charge in [0.05, 0.1) is 23.4 Å². The van der Waals surface area contributed by atoms with Gasteiger partial charge in [-0.1, -0.05) is 25.4 Å². The van der Waals surface area contributed by atoms with Gasteiger partial charge in [0.2, 0.25) is 10.0 Å². The van der Waals surface area contributed by atoms with Crippen LogP contribution in [0.5, 0.6) is 5.75 Å². The van der Waals surface area contributed by atoms with Gasteiger partial charge in [0.25, 0.3) is 5.91 Å². The number of halogens is 2. The summed E-state index contributed by atoms with van der Waals surface area (Å²) in [6, 6.07) is 2.18. The van der Waals surface area contributed by atoms with Crippen LogP contribution in [-0.4, -0.2) is 27.2 Å². The van der Waals surface area contributed by atoms with Gasteiger partial charge >= 0.3 is 0 Å². The average molecular weight is 430 g/mol. The number of hydrogen-bond acceptors (Lipinski definition) is 4. The second-order valence-electron chi connectivity index (χ2n) is 9.85. The molecular weight excluding hydrogens is 405 g/mol. The standard InChI is InChI=1S/C20H25ClFNO4S/c1-18-6-12-7-20(9-18,10-19(12,2)8-18)11-27-16-5-15(22)13(4-14(16)21)17(24)23-28(3,25)26/h4-5,12H,6-11H2,1-3H3,(H,23,24). The van der Waals surface area contributed by atoms with E-state index in [9.17, 15) is 17.6 Å². The molecule has 0 heterocycles. The van der Waals surface area contributed by atoms with E-state index in [1.165, 1.54) is 12.8 Å². The van der Waals surface area contributed by atoms with Crippen molar-refractivity contribution in [1.82, 2.24) is 4.72 Å². The third-order valence-electron chi connectivity index (χ3n) is 6.89. The van der Waals surface area contributed by atoms with Crippen molar-refractivity contribution in [3.05, 3.63) is 28.5 Å². The van der Waals surface area contributed by atoms with Gasteiger partial charge in [-0.2, -0.15) is 0 Å². The average Bonchev–Trinajstić information content (AvgIpc) is 2.82. The van der Waals surface area contributed by atoms with Gasteiger partial charge in [-0.3, -0.25) is 4.79 Å². The number of carbonyl (C=O) groups excluding carboxylic acids is 1. The summed E-state index contributed by atoms with van der Waals surface area (Å²) < 4.78 is 44.5. The largest absolute Gasteiger partial charge is 0.491 e. The molecule has 4 aliphatic carbocycles. The summed E-state index contributed by atoms with van der Waals surface area (Å²) in [5, 5.41) is 0.0874. The Balaban J connectivity index is 1.51. The third kappa shape index (κ3) is 3.41. The highest BCUT2D eigenvalue weighted by Crippen LogP contribution is 2.74. The van der Waals surface area contributed by atoms with Crippen molar-refractivity contribution in [1.29, 1.82) is 0 Å². The summed E-state index contributed by atoms with van der Waals surface area (Å²) in [6.45, 7) is 5.22. The van der Waals surface area contributed by atoms with Gasteiger partial charge in [0.15, 0.2) is 0 Å². The Bertz CT molecular complexity index is 963. The molecule has 0 aromatic heterocycles. The van der Waals surface area contributed by atoms with Crippen LogP contribution < -0.4 is 9.46 Å². The zero-order valence-electron chi connectivity index (χ0n) is 16.3. The number of benzene rings is 1. The number of hydrogen-bond donors (Lipinski definition) is 1. The van der Waals surface area contributed by atoms with Crippen molar-refractivity contribution in [3.8, 4) is 5.75 Å². The molecule has 4 saturated carbocycles. The SMILES string of the molecule is CC12CC3CC(COc4cc(F)c(C(=O)NS(C)(=O)=O)cc4Cl)(C1)CC3(C)C2. The summed E-state index contributed by atoms with van der Waals surface area (Å²) in [6.07, 6.45) is 6.74. The Morgan fingerprint density at radius 3 is 2.61 bits per heavy atom. The van der Waals surface area contributed by atoms with E-state index in [4.69, 9.17) is 16.3 Å². The maximum atomic E-state index is 14.4. The van der Waals surface area contributed by atoms with Crippen LogP contribution in [0.4, 0.5) is 4.39 Å². The molecule has 8 heteroatoms. The van der Waals surface area contributed by atoms with E-state index in [0.717, 1.165) is 43.6 Å². The molecule has 5 nitrogen and oxygen atoms in total. The molecule has 1 amide bonds. The lowest BCUT2D eigenvalue weighted by Gasteiger charge is -2.45. The highest BCUT2D eigenvalue weighted by molar-refractivity contribution is 7.89. The van der Waals surface area contributed by atoms with Crippen LogP contribution in [0.25, 0.3) is 0 Å². The molecule has 1 aromatic rings. The fourth-order valence-electron chi connectivity index (χ4n) is 6.61. The molecule has 4 unspecified atom stereocenters. The summed E-state index contributed by atoms with van der Waals surface area (Å²) in [5.41, 5.74) is 0.401. The summed E-state index contributed by atoms with van der Waals surface area (Å²) in [7, 11) is -3.80. The number of nitrogens with one attached hydrogen (secondary N) is 1. The van der Waals surface area contributed by atoms with Crippen LogP contribution in [0.3, 0.4) is 0 Å². The first-order valence-corrected chi connectivity index (χ1v) is 11.7. The fraction of sp³-hybridized carbons (Fsp3) is 0.650. The zero-order valence-corrected chi connectivity index (χ0v) is 17.8. The fourth-order valence-corrected chi connectivity index (χ4v) is 7.28. The van der Waals surface area contributed by atoms with Crippen molar-refractivity contribution < 1.29 is 22.3 Å². The highest BCUT2D eigenvalue weighted by Gasteiger charge is 2.66. The van der Waals surface area contributed by atoms with Gasteiger partial charge in [-0.25, -0.2) is 17.5 Å². The lowest BCUT2D eigenvalue weighted by molar-refractivity contribution is 0.0182. The van der Waals surface area contributed by atoms with E-state index in [0.29, 0.717) is 17.4 Å². The normalized spacial score (nSPS) is 36.0. The molecule has 4 fully saturated rings. The molecular formula is C20H25ClFNO4S. The molecule has 28 heavy (non-hydrogen) atoms. The van der Waals surface area contributed by atoms with Crippen LogP contribution in [-0.2, 0) is 10.0 Å². The molecule has 4 aliphatic rings. The Hall–Kier alpha value is -1.34. The molecule has 4 bridgehead atoms. The Morgan fingerprint density at radius 1 is 1.29 bits per heavy atom. The van der Waals surface area contributed by atoms with Crippen molar-refractivity contribution >= 4 is 27.5 Å². The van der Waals surface area contributed by atoms with Gasteiger partial charge in [0, 0.05) is 11.5 Å². The van der Waals surface area contributed by atoms with E-state index >= 15 is 0 Å². The van der Waals surface area contributed by atoms with Gasteiger partial charge < -0.3 is 4.74 Å². The summed E-state index contributed by atoms with van der Waals surface area (Å²) >= 11 is 6.20. The monoisotopic (exact) mass is 429 g/mol. The van der Waals surface area contributed by atoms with E-state index in [1.54, 1.807) is 4.72 Å². The molecule has 1 aromatic carbocycles. The molecule has 0 saturated heterocycles. The minimum absolute atomic E-state index is 0.0874. The van der Waals surface area contributed by atoms with Crippen LogP contribution >= 0.6 is 11.6 Å². The van der Waals surface area contributed by atoms with E-state index in [2.05, 4.69) is 13.8 Å². The van der Waals surface area contributed by atoms with Crippen LogP contribution in [0.1, 0.15) is 56.3 Å². The smallest absolute Gasteiger partial charge is 0.267 e. The number of ether oxygens (including phenoxy) is 1. The predicted molar refractivity (Wildman–Crippen MR) is 104 cm³/mol. The van der Waals surface area contributed by atoms with E-state index < -0.39 is 27.3 Å². The second kappa shape index (κ2) is 6.08. The summed E-state index contributed by atoms with van der Waals surface area (Å²) in [4.78, 5) is 11.9. The third-order valence-corrected chi connectivity index (χ3v) is 7.75. The van der Waals surface area contributed by atoms with Crippen molar-refractivity contribution in [2.45, 2.75) is 46.0 Å². The van der Waals surface area contributed by atoms with Crippen LogP contribution in [0, 0.1) is 28.0 Å². The van der Waals surface area contributed by atoms with E-state index in [1.807, 2.05) is 0 Å². The molecule has 0 radical (unpaired) electrons. The lowest BCUT2D eigenvalue weighted by Crippen LogP contribution is -2.39. The lowest BCUT2D eigenvalue weighted by atomic mass is 9.61. The van der Waals surface area contributed by atoms with Crippen molar-refractivity contribution in [2.24, 2.45) is 22.2 Å². The Labute approximate surface area is 170 Å². The molecule has 0 aliphatic heterocycles. The Morgan fingerprint density at radius 2 is 2.00 bits per heavy atom. The van der Waals surface area contributed by atoms with Crippen molar-refractivity contribution in [2.75, 3.05) is 12.9 Å². The topological polar surface area (TPSA) is 72.5 Å². The molecule has 5 rings (SSSR count). The number of rotatable bonds is 5. The Kier molecular flexibility index (Phi) is 4.33. The van der Waals surface area contributed by atoms with Gasteiger partial charge in [-0.05, 0) is 54.9 Å². The quantitative estimate of drug-likeness (QED) is 0.763. The minimum atomic E-state index is -3.80. The van der Waals surface area contributed by atoms with E-state index in [-0.39, 0.29) is 16.2 Å². The second-order valence-corrected chi connectivity index (χ2v) is 12.0. The number of amides is 1. The molecule has 4 atom stereocenters. The first kappa shape index (κ1) is 20.0. The molecule has 1 N–H and O–H groups in total. The van der Waals surface area contributed by atoms with Gasteiger partial charge in [0.1, 0.15) is 11.6 Å². The summed E-state index contributed by atoms with van der Waals surface area (Å²) in [5.74, 6) is -1.02. The molecule has 154 valence electrons.